The summed E-state index contributed by atoms with van der Waals surface area (Å²) in [4.78, 5) is 10.4. The Morgan fingerprint density at radius 2 is 2.05 bits per heavy atom. The predicted molar refractivity (Wildman–Crippen MR) is 76.4 cm³/mol. The van der Waals surface area contributed by atoms with Crippen LogP contribution in [0.5, 0.6) is 0 Å². The second kappa shape index (κ2) is 8.54. The Labute approximate surface area is 116 Å². The first-order valence-corrected chi connectivity index (χ1v) is 7.71. The predicted octanol–water partition coefficient (Wildman–Crippen LogP) is 2.96. The molecule has 0 aromatic carbocycles. The number of carboxylic acid groups (broad SMARTS) is 1. The maximum absolute atomic E-state index is 10.4. The zero-order valence-electron chi connectivity index (χ0n) is 12.4. The molecule has 112 valence electrons. The first-order valence-electron chi connectivity index (χ1n) is 7.71. The van der Waals surface area contributed by atoms with Crippen molar-refractivity contribution in [1.82, 2.24) is 5.32 Å². The van der Waals surface area contributed by atoms with Gasteiger partial charge in [0.15, 0.2) is 0 Å². The maximum Gasteiger partial charge on any atom is 0.303 e. The number of ether oxygens (including phenoxy) is 1. The molecule has 19 heavy (non-hydrogen) atoms. The highest BCUT2D eigenvalue weighted by Gasteiger charge is 2.33. The Hall–Kier alpha value is -0.610. The highest BCUT2D eigenvalue weighted by atomic mass is 16.5. The number of aliphatic carboxylic acids is 1. The van der Waals surface area contributed by atoms with E-state index in [4.69, 9.17) is 9.84 Å². The van der Waals surface area contributed by atoms with Gasteiger partial charge in [0.05, 0.1) is 5.60 Å². The standard InChI is InChI=1S/C15H29NO3/c1-3-15(4-2)12-13(9-11-19-15)16-10-7-5-6-8-14(17)18/h13,16H,3-12H2,1-2H3,(H,17,18). The van der Waals surface area contributed by atoms with Crippen LogP contribution in [0, 0.1) is 0 Å². The van der Waals surface area contributed by atoms with Crippen LogP contribution in [0.2, 0.25) is 0 Å². The minimum Gasteiger partial charge on any atom is -0.481 e. The average Bonchev–Trinajstić information content (AvgIpc) is 2.42. The number of hydrogen-bond acceptors (Lipinski definition) is 3. The summed E-state index contributed by atoms with van der Waals surface area (Å²) in [5.74, 6) is -0.687. The van der Waals surface area contributed by atoms with E-state index in [1.54, 1.807) is 0 Å². The number of rotatable bonds is 9. The summed E-state index contributed by atoms with van der Waals surface area (Å²) in [6.07, 6.45) is 7.52. The summed E-state index contributed by atoms with van der Waals surface area (Å²) in [7, 11) is 0. The Balaban J connectivity index is 2.14. The lowest BCUT2D eigenvalue weighted by Crippen LogP contribution is -2.46. The van der Waals surface area contributed by atoms with E-state index >= 15 is 0 Å². The van der Waals surface area contributed by atoms with Gasteiger partial charge in [-0.25, -0.2) is 0 Å². The normalized spacial score (nSPS) is 22.3. The van der Waals surface area contributed by atoms with Crippen LogP contribution >= 0.6 is 0 Å². The van der Waals surface area contributed by atoms with Gasteiger partial charge < -0.3 is 15.2 Å². The fourth-order valence-corrected chi connectivity index (χ4v) is 2.83. The molecule has 0 saturated carbocycles. The van der Waals surface area contributed by atoms with Gasteiger partial charge in [-0.05, 0) is 45.1 Å². The summed E-state index contributed by atoms with van der Waals surface area (Å²) in [6.45, 7) is 6.27. The Bertz CT molecular complexity index is 264. The molecule has 1 aliphatic heterocycles. The van der Waals surface area contributed by atoms with Crippen molar-refractivity contribution in [2.75, 3.05) is 13.2 Å². The van der Waals surface area contributed by atoms with Gasteiger partial charge in [-0.1, -0.05) is 20.3 Å². The van der Waals surface area contributed by atoms with Crippen molar-refractivity contribution < 1.29 is 14.6 Å². The summed E-state index contributed by atoms with van der Waals surface area (Å²) in [5, 5.41) is 12.2. The van der Waals surface area contributed by atoms with Crippen LogP contribution in [0.15, 0.2) is 0 Å². The molecule has 1 rings (SSSR count). The first kappa shape index (κ1) is 16.4. The van der Waals surface area contributed by atoms with Crippen molar-refractivity contribution in [2.45, 2.75) is 76.9 Å². The van der Waals surface area contributed by atoms with Gasteiger partial charge in [-0.3, -0.25) is 4.79 Å². The highest BCUT2D eigenvalue weighted by Crippen LogP contribution is 2.31. The van der Waals surface area contributed by atoms with E-state index in [-0.39, 0.29) is 5.60 Å². The van der Waals surface area contributed by atoms with Gasteiger partial charge in [-0.2, -0.15) is 0 Å². The topological polar surface area (TPSA) is 58.6 Å². The minimum absolute atomic E-state index is 0.0826. The van der Waals surface area contributed by atoms with Gasteiger partial charge in [0.25, 0.3) is 0 Å². The van der Waals surface area contributed by atoms with Gasteiger partial charge >= 0.3 is 5.97 Å². The van der Waals surface area contributed by atoms with Gasteiger partial charge in [-0.15, -0.1) is 0 Å². The minimum atomic E-state index is -0.687. The van der Waals surface area contributed by atoms with Crippen LogP contribution in [0.1, 0.15) is 65.2 Å². The third-order valence-corrected chi connectivity index (χ3v) is 4.28. The van der Waals surface area contributed by atoms with Gasteiger partial charge in [0, 0.05) is 19.1 Å². The first-order chi connectivity index (χ1) is 9.12. The molecular weight excluding hydrogens is 242 g/mol. The van der Waals surface area contributed by atoms with Crippen molar-refractivity contribution in [3.05, 3.63) is 0 Å². The van der Waals surface area contributed by atoms with Crippen molar-refractivity contribution in [3.63, 3.8) is 0 Å². The molecule has 2 N–H and O–H groups in total. The summed E-state index contributed by atoms with van der Waals surface area (Å²) < 4.78 is 5.96. The second-order valence-electron chi connectivity index (χ2n) is 5.59. The SMILES string of the molecule is CCC1(CC)CC(NCCCCCC(=O)O)CCO1. The fraction of sp³-hybridized carbons (Fsp3) is 0.933. The zero-order valence-corrected chi connectivity index (χ0v) is 12.4. The quantitative estimate of drug-likeness (QED) is 0.633. The van der Waals surface area contributed by atoms with Crippen LogP contribution in [-0.4, -0.2) is 35.9 Å². The van der Waals surface area contributed by atoms with E-state index in [0.717, 1.165) is 58.1 Å². The van der Waals surface area contributed by atoms with Crippen LogP contribution in [0.4, 0.5) is 0 Å². The molecule has 0 aromatic rings. The van der Waals surface area contributed by atoms with E-state index in [9.17, 15) is 4.79 Å². The average molecular weight is 271 g/mol. The molecule has 4 heteroatoms. The van der Waals surface area contributed by atoms with Crippen LogP contribution in [0.3, 0.4) is 0 Å². The van der Waals surface area contributed by atoms with Gasteiger partial charge in [0.2, 0.25) is 0 Å². The van der Waals surface area contributed by atoms with E-state index in [2.05, 4.69) is 19.2 Å². The van der Waals surface area contributed by atoms with E-state index in [1.807, 2.05) is 0 Å². The molecular formula is C15H29NO3. The number of carboxylic acids is 1. The molecule has 0 bridgehead atoms. The van der Waals surface area contributed by atoms with Gasteiger partial charge in [0.1, 0.15) is 0 Å². The maximum atomic E-state index is 10.4. The summed E-state index contributed by atoms with van der Waals surface area (Å²) >= 11 is 0. The number of hydrogen-bond donors (Lipinski definition) is 2. The molecule has 0 spiro atoms. The van der Waals surface area contributed by atoms with Crippen molar-refractivity contribution in [2.24, 2.45) is 0 Å². The van der Waals surface area contributed by atoms with E-state index < -0.39 is 5.97 Å². The lowest BCUT2D eigenvalue weighted by atomic mass is 9.86. The third-order valence-electron chi connectivity index (χ3n) is 4.28. The largest absolute Gasteiger partial charge is 0.481 e. The third kappa shape index (κ3) is 5.91. The fourth-order valence-electron chi connectivity index (χ4n) is 2.83. The van der Waals surface area contributed by atoms with E-state index in [1.165, 1.54) is 0 Å². The van der Waals surface area contributed by atoms with Crippen molar-refractivity contribution in [1.29, 1.82) is 0 Å². The smallest absolute Gasteiger partial charge is 0.303 e. The van der Waals surface area contributed by atoms with Crippen molar-refractivity contribution in [3.8, 4) is 0 Å². The summed E-state index contributed by atoms with van der Waals surface area (Å²) in [6, 6.07) is 0.563. The Morgan fingerprint density at radius 3 is 2.68 bits per heavy atom. The monoisotopic (exact) mass is 271 g/mol. The Kier molecular flexibility index (Phi) is 7.39. The second-order valence-corrected chi connectivity index (χ2v) is 5.59. The lowest BCUT2D eigenvalue weighted by Gasteiger charge is -2.40. The number of unbranched alkanes of at least 4 members (excludes halogenated alkanes) is 2. The molecule has 0 radical (unpaired) electrons. The molecule has 0 aromatic heterocycles. The molecule has 1 saturated heterocycles. The van der Waals surface area contributed by atoms with Crippen molar-refractivity contribution >= 4 is 5.97 Å². The Morgan fingerprint density at radius 1 is 1.32 bits per heavy atom. The molecule has 1 heterocycles. The van der Waals surface area contributed by atoms with E-state index in [0.29, 0.717) is 12.5 Å². The molecule has 1 unspecified atom stereocenters. The lowest BCUT2D eigenvalue weighted by molar-refractivity contribution is -0.137. The van der Waals surface area contributed by atoms with Crippen LogP contribution in [-0.2, 0) is 9.53 Å². The molecule has 1 fully saturated rings. The van der Waals surface area contributed by atoms with Crippen LogP contribution in [0.25, 0.3) is 0 Å². The zero-order chi connectivity index (χ0) is 14.1. The molecule has 0 aliphatic carbocycles. The number of carbonyl (C=O) groups is 1. The molecule has 4 nitrogen and oxygen atoms in total. The molecule has 1 aliphatic rings. The molecule has 1 atom stereocenters. The summed E-state index contributed by atoms with van der Waals surface area (Å²) in [5.41, 5.74) is 0.0826. The number of nitrogens with one attached hydrogen (secondary N) is 1. The molecule has 0 amide bonds. The highest BCUT2D eigenvalue weighted by molar-refractivity contribution is 5.66. The van der Waals surface area contributed by atoms with Crippen LogP contribution < -0.4 is 5.32 Å².